The molecule has 0 radical (unpaired) electrons. The minimum absolute atomic E-state index is 0.0111. The molecule has 2 amide bonds. The van der Waals surface area contributed by atoms with Gasteiger partial charge in [0, 0.05) is 36.6 Å². The van der Waals surface area contributed by atoms with Crippen LogP contribution in [-0.2, 0) is 4.79 Å². The van der Waals surface area contributed by atoms with Crippen molar-refractivity contribution in [2.45, 2.75) is 44.6 Å². The van der Waals surface area contributed by atoms with Crippen molar-refractivity contribution < 1.29 is 9.59 Å². The monoisotopic (exact) mass is 361 g/mol. The van der Waals surface area contributed by atoms with Gasteiger partial charge in [0.25, 0.3) is 5.91 Å². The second kappa shape index (κ2) is 7.08. The summed E-state index contributed by atoms with van der Waals surface area (Å²) in [5.41, 5.74) is 0.592. The normalized spacial score (nSPS) is 30.1. The maximum absolute atomic E-state index is 13.3. The standard InChI is InChI=1S/C19H27N3O2S/c23-17(14-6-10-25-12-14)21-16-4-8-22(9-5-16)18(24)19-7-2-1-3-15(19)11-20-13-19/h6,10,12,15-16,20H,1-5,7-9,11,13H2,(H,21,23)/t15-,19+/m0/s1. The van der Waals surface area contributed by atoms with Gasteiger partial charge in [0.1, 0.15) is 0 Å². The Morgan fingerprint density at radius 2 is 2.08 bits per heavy atom. The molecule has 5 nitrogen and oxygen atoms in total. The van der Waals surface area contributed by atoms with Gasteiger partial charge in [-0.25, -0.2) is 0 Å². The Labute approximate surface area is 153 Å². The Hall–Kier alpha value is -1.40. The fraction of sp³-hybridized carbons (Fsp3) is 0.684. The molecule has 2 atom stereocenters. The molecule has 3 fully saturated rings. The molecule has 2 saturated heterocycles. The molecule has 0 aromatic carbocycles. The van der Waals surface area contributed by atoms with Crippen LogP contribution in [0.2, 0.25) is 0 Å². The number of thiophene rings is 1. The van der Waals surface area contributed by atoms with E-state index in [0.29, 0.717) is 11.8 Å². The predicted octanol–water partition coefficient (Wildman–Crippen LogP) is 2.25. The lowest BCUT2D eigenvalue weighted by molar-refractivity contribution is -0.146. The molecule has 2 aliphatic heterocycles. The molecule has 4 rings (SSSR count). The lowest BCUT2D eigenvalue weighted by Crippen LogP contribution is -2.54. The summed E-state index contributed by atoms with van der Waals surface area (Å²) in [4.78, 5) is 27.5. The largest absolute Gasteiger partial charge is 0.349 e. The van der Waals surface area contributed by atoms with Gasteiger partial charge in [0.15, 0.2) is 0 Å². The summed E-state index contributed by atoms with van der Waals surface area (Å²) in [5.74, 6) is 0.895. The number of nitrogens with one attached hydrogen (secondary N) is 2. The summed E-state index contributed by atoms with van der Waals surface area (Å²) in [6.07, 6.45) is 6.38. The van der Waals surface area contributed by atoms with E-state index in [1.165, 1.54) is 30.6 Å². The predicted molar refractivity (Wildman–Crippen MR) is 98.6 cm³/mol. The Balaban J connectivity index is 1.34. The summed E-state index contributed by atoms with van der Waals surface area (Å²) >= 11 is 1.54. The van der Waals surface area contributed by atoms with Crippen LogP contribution in [0.4, 0.5) is 0 Å². The molecule has 1 aromatic heterocycles. The van der Waals surface area contributed by atoms with E-state index in [9.17, 15) is 9.59 Å². The van der Waals surface area contributed by atoms with Crippen LogP contribution in [0, 0.1) is 11.3 Å². The van der Waals surface area contributed by atoms with E-state index in [-0.39, 0.29) is 17.4 Å². The quantitative estimate of drug-likeness (QED) is 0.868. The number of carbonyl (C=O) groups excluding carboxylic acids is 2. The number of piperidine rings is 1. The van der Waals surface area contributed by atoms with E-state index in [1.54, 1.807) is 0 Å². The Morgan fingerprint density at radius 1 is 1.24 bits per heavy atom. The fourth-order valence-electron chi connectivity index (χ4n) is 4.87. The fourth-order valence-corrected chi connectivity index (χ4v) is 5.51. The minimum Gasteiger partial charge on any atom is -0.349 e. The van der Waals surface area contributed by atoms with Crippen LogP contribution in [0.15, 0.2) is 16.8 Å². The van der Waals surface area contributed by atoms with Crippen molar-refractivity contribution in [2.75, 3.05) is 26.2 Å². The highest BCUT2D eigenvalue weighted by Crippen LogP contribution is 2.45. The maximum Gasteiger partial charge on any atom is 0.252 e. The number of likely N-dealkylation sites (tertiary alicyclic amines) is 1. The van der Waals surface area contributed by atoms with E-state index in [4.69, 9.17) is 0 Å². The van der Waals surface area contributed by atoms with Crippen molar-refractivity contribution in [3.8, 4) is 0 Å². The third kappa shape index (κ3) is 3.22. The van der Waals surface area contributed by atoms with Crippen molar-refractivity contribution in [1.82, 2.24) is 15.5 Å². The zero-order chi connectivity index (χ0) is 17.3. The molecule has 6 heteroatoms. The van der Waals surface area contributed by atoms with Gasteiger partial charge < -0.3 is 15.5 Å². The van der Waals surface area contributed by atoms with Crippen molar-refractivity contribution in [3.63, 3.8) is 0 Å². The Bertz CT molecular complexity index is 625. The van der Waals surface area contributed by atoms with E-state index in [0.717, 1.165) is 51.0 Å². The first kappa shape index (κ1) is 17.0. The average Bonchev–Trinajstić information content (AvgIpc) is 3.32. The molecule has 1 aromatic rings. The average molecular weight is 362 g/mol. The minimum atomic E-state index is -0.148. The molecule has 3 heterocycles. The number of carbonyl (C=O) groups is 2. The molecule has 0 spiro atoms. The summed E-state index contributed by atoms with van der Waals surface area (Å²) < 4.78 is 0. The second-order valence-corrected chi connectivity index (χ2v) is 8.56. The number of fused-ring (bicyclic) bond motifs is 1. The lowest BCUT2D eigenvalue weighted by atomic mass is 9.67. The smallest absolute Gasteiger partial charge is 0.252 e. The number of nitrogens with zero attached hydrogens (tertiary/aromatic N) is 1. The van der Waals surface area contributed by atoms with Crippen LogP contribution in [0.1, 0.15) is 48.9 Å². The third-order valence-corrected chi connectivity index (χ3v) is 7.05. The Kier molecular flexibility index (Phi) is 4.82. The molecular formula is C19H27N3O2S. The van der Waals surface area contributed by atoms with Gasteiger partial charge >= 0.3 is 0 Å². The number of amides is 2. The summed E-state index contributed by atoms with van der Waals surface area (Å²) in [5, 5.41) is 10.4. The SMILES string of the molecule is O=C(NC1CCN(C(=O)[C@@]23CCCC[C@H]2CNC3)CC1)c1ccsc1. The Morgan fingerprint density at radius 3 is 2.84 bits per heavy atom. The highest BCUT2D eigenvalue weighted by Gasteiger charge is 2.51. The van der Waals surface area contributed by atoms with Gasteiger partial charge in [-0.15, -0.1) is 0 Å². The molecule has 25 heavy (non-hydrogen) atoms. The highest BCUT2D eigenvalue weighted by atomic mass is 32.1. The first-order valence-electron chi connectivity index (χ1n) is 9.52. The number of hydrogen-bond donors (Lipinski definition) is 2. The first-order valence-corrected chi connectivity index (χ1v) is 10.5. The lowest BCUT2D eigenvalue weighted by Gasteiger charge is -2.43. The van der Waals surface area contributed by atoms with Crippen LogP contribution in [0.3, 0.4) is 0 Å². The van der Waals surface area contributed by atoms with Crippen LogP contribution in [0.5, 0.6) is 0 Å². The highest BCUT2D eigenvalue weighted by molar-refractivity contribution is 7.08. The van der Waals surface area contributed by atoms with Crippen LogP contribution >= 0.6 is 11.3 Å². The zero-order valence-corrected chi connectivity index (χ0v) is 15.4. The van der Waals surface area contributed by atoms with Crippen LogP contribution in [-0.4, -0.2) is 48.9 Å². The summed E-state index contributed by atoms with van der Waals surface area (Å²) in [6, 6.07) is 2.03. The third-order valence-electron chi connectivity index (χ3n) is 6.36. The topological polar surface area (TPSA) is 61.4 Å². The van der Waals surface area contributed by atoms with Gasteiger partial charge in [0.2, 0.25) is 5.91 Å². The molecular weight excluding hydrogens is 334 g/mol. The van der Waals surface area contributed by atoms with E-state index in [2.05, 4.69) is 15.5 Å². The van der Waals surface area contributed by atoms with Crippen molar-refractivity contribution in [2.24, 2.45) is 11.3 Å². The number of rotatable bonds is 3. The van der Waals surface area contributed by atoms with Gasteiger partial charge in [-0.3, -0.25) is 9.59 Å². The molecule has 0 unspecified atom stereocenters. The number of hydrogen-bond acceptors (Lipinski definition) is 4. The van der Waals surface area contributed by atoms with Gasteiger partial charge in [0.05, 0.1) is 5.41 Å². The van der Waals surface area contributed by atoms with Crippen LogP contribution < -0.4 is 10.6 Å². The van der Waals surface area contributed by atoms with Gasteiger partial charge in [-0.05, 0) is 49.6 Å². The van der Waals surface area contributed by atoms with Crippen LogP contribution in [0.25, 0.3) is 0 Å². The molecule has 136 valence electrons. The van der Waals surface area contributed by atoms with E-state index >= 15 is 0 Å². The van der Waals surface area contributed by atoms with E-state index < -0.39 is 0 Å². The maximum atomic E-state index is 13.3. The zero-order valence-electron chi connectivity index (χ0n) is 14.6. The molecule has 2 N–H and O–H groups in total. The first-order chi connectivity index (χ1) is 12.2. The van der Waals surface area contributed by atoms with Crippen molar-refractivity contribution >= 4 is 23.2 Å². The van der Waals surface area contributed by atoms with Crippen molar-refractivity contribution in [3.05, 3.63) is 22.4 Å². The summed E-state index contributed by atoms with van der Waals surface area (Å²) in [6.45, 7) is 3.38. The molecule has 3 aliphatic rings. The second-order valence-electron chi connectivity index (χ2n) is 7.78. The van der Waals surface area contributed by atoms with Crippen molar-refractivity contribution in [1.29, 1.82) is 0 Å². The van der Waals surface area contributed by atoms with E-state index in [1.807, 2.05) is 16.8 Å². The summed E-state index contributed by atoms with van der Waals surface area (Å²) in [7, 11) is 0. The molecule has 1 saturated carbocycles. The van der Waals surface area contributed by atoms with Gasteiger partial charge in [-0.1, -0.05) is 12.8 Å². The molecule has 1 aliphatic carbocycles. The molecule has 0 bridgehead atoms. The van der Waals surface area contributed by atoms with Gasteiger partial charge in [-0.2, -0.15) is 11.3 Å².